The van der Waals surface area contributed by atoms with E-state index in [9.17, 15) is 0 Å². The molecule has 2 rings (SSSR count). The van der Waals surface area contributed by atoms with Crippen molar-refractivity contribution in [2.45, 2.75) is 32.1 Å². The van der Waals surface area contributed by atoms with E-state index >= 15 is 0 Å². The van der Waals surface area contributed by atoms with Gasteiger partial charge in [-0.05, 0) is 13.8 Å². The number of aryl methyl sites for hydroxylation is 2. The maximum Gasteiger partial charge on any atom is 0.137 e. The van der Waals surface area contributed by atoms with E-state index in [-0.39, 0.29) is 0 Å². The third-order valence-corrected chi connectivity index (χ3v) is 5.14. The van der Waals surface area contributed by atoms with Gasteiger partial charge in [0.05, 0.1) is 11.3 Å². The van der Waals surface area contributed by atoms with Gasteiger partial charge >= 0.3 is 0 Å². The predicted octanol–water partition coefficient (Wildman–Crippen LogP) is 1.69. The largest absolute Gasteiger partial charge is 0.389 e. The number of hydrogen-bond donors (Lipinski definition) is 1. The van der Waals surface area contributed by atoms with Crippen molar-refractivity contribution < 1.29 is 0 Å². The molecule has 18 heavy (non-hydrogen) atoms. The van der Waals surface area contributed by atoms with Crippen molar-refractivity contribution in [2.75, 3.05) is 17.2 Å². The number of aromatic nitrogens is 2. The predicted molar refractivity (Wildman–Crippen MR) is 82.6 cm³/mol. The molecule has 0 bridgehead atoms. The molecule has 0 aromatic carbocycles. The van der Waals surface area contributed by atoms with E-state index in [4.69, 9.17) is 18.0 Å². The van der Waals surface area contributed by atoms with E-state index in [2.05, 4.69) is 23.8 Å². The molecule has 2 heterocycles. The molecular weight excluding hydrogens is 264 g/mol. The summed E-state index contributed by atoms with van der Waals surface area (Å²) in [6, 6.07) is 0.464. The summed E-state index contributed by atoms with van der Waals surface area (Å²) in [4.78, 5) is 2.82. The summed E-state index contributed by atoms with van der Waals surface area (Å²) in [6.07, 6.45) is 0. The van der Waals surface area contributed by atoms with E-state index < -0.39 is 0 Å². The minimum atomic E-state index is 0.439. The number of hydrogen-bond acceptors (Lipinski definition) is 4. The fourth-order valence-electron chi connectivity index (χ4n) is 2.50. The summed E-state index contributed by atoms with van der Waals surface area (Å²) < 4.78 is 1.91. The highest BCUT2D eigenvalue weighted by molar-refractivity contribution is 8.00. The zero-order valence-corrected chi connectivity index (χ0v) is 12.9. The first-order chi connectivity index (χ1) is 8.43. The van der Waals surface area contributed by atoms with Gasteiger partial charge in [0.25, 0.3) is 0 Å². The number of nitrogens with zero attached hydrogens (tertiary/aromatic N) is 3. The molecule has 1 aromatic rings. The average molecular weight is 284 g/mol. The molecule has 1 saturated heterocycles. The van der Waals surface area contributed by atoms with Crippen molar-refractivity contribution in [2.24, 2.45) is 12.8 Å². The Bertz CT molecular complexity index is 469. The highest BCUT2D eigenvalue weighted by atomic mass is 32.2. The first-order valence-electron chi connectivity index (χ1n) is 6.15. The smallest absolute Gasteiger partial charge is 0.137 e. The van der Waals surface area contributed by atoms with Crippen LogP contribution in [0.4, 0.5) is 5.82 Å². The van der Waals surface area contributed by atoms with Gasteiger partial charge in [0, 0.05) is 30.6 Å². The van der Waals surface area contributed by atoms with Crippen LogP contribution in [0.25, 0.3) is 0 Å². The van der Waals surface area contributed by atoms with E-state index in [0.29, 0.717) is 16.3 Å². The molecule has 0 spiro atoms. The fraction of sp³-hybridized carbons (Fsp3) is 0.667. The zero-order valence-electron chi connectivity index (χ0n) is 11.3. The first-order valence-corrected chi connectivity index (χ1v) is 7.60. The maximum atomic E-state index is 5.86. The molecule has 0 amide bonds. The number of anilines is 1. The third kappa shape index (κ3) is 2.23. The monoisotopic (exact) mass is 284 g/mol. The van der Waals surface area contributed by atoms with Crippen LogP contribution in [0.15, 0.2) is 0 Å². The Kier molecular flexibility index (Phi) is 3.87. The van der Waals surface area contributed by atoms with Crippen LogP contribution in [0.5, 0.6) is 0 Å². The lowest BCUT2D eigenvalue weighted by molar-refractivity contribution is 0.597. The van der Waals surface area contributed by atoms with Gasteiger partial charge in [0.2, 0.25) is 0 Å². The van der Waals surface area contributed by atoms with Gasteiger partial charge in [-0.25, -0.2) is 0 Å². The molecule has 6 heteroatoms. The van der Waals surface area contributed by atoms with E-state index in [1.807, 2.05) is 30.4 Å². The van der Waals surface area contributed by atoms with Crippen LogP contribution in [0, 0.1) is 6.92 Å². The fourth-order valence-corrected chi connectivity index (χ4v) is 3.83. The summed E-state index contributed by atoms with van der Waals surface area (Å²) in [5.41, 5.74) is 7.71. The van der Waals surface area contributed by atoms with Gasteiger partial charge < -0.3 is 10.6 Å². The van der Waals surface area contributed by atoms with Crippen LogP contribution >= 0.6 is 24.0 Å². The summed E-state index contributed by atoms with van der Waals surface area (Å²) in [5.74, 6) is 2.20. The summed E-state index contributed by atoms with van der Waals surface area (Å²) in [7, 11) is 1.96. The van der Waals surface area contributed by atoms with Crippen LogP contribution in [-0.2, 0) is 7.05 Å². The Hall–Kier alpha value is -0.750. The minimum absolute atomic E-state index is 0.439. The van der Waals surface area contributed by atoms with E-state index in [1.165, 1.54) is 0 Å². The molecule has 100 valence electrons. The minimum Gasteiger partial charge on any atom is -0.389 e. The lowest BCUT2D eigenvalue weighted by atomic mass is 10.1. The maximum absolute atomic E-state index is 5.86. The Morgan fingerprint density at radius 1 is 1.50 bits per heavy atom. The van der Waals surface area contributed by atoms with Crippen molar-refractivity contribution >= 4 is 34.8 Å². The van der Waals surface area contributed by atoms with Crippen LogP contribution in [0.3, 0.4) is 0 Å². The van der Waals surface area contributed by atoms with Gasteiger partial charge in [-0.3, -0.25) is 4.68 Å². The second-order valence-electron chi connectivity index (χ2n) is 4.78. The molecule has 0 aliphatic carbocycles. The zero-order chi connectivity index (χ0) is 13.4. The quantitative estimate of drug-likeness (QED) is 0.838. The Morgan fingerprint density at radius 2 is 2.17 bits per heavy atom. The van der Waals surface area contributed by atoms with Gasteiger partial charge in [-0.15, -0.1) is 0 Å². The highest BCUT2D eigenvalue weighted by Gasteiger charge is 2.30. The number of rotatable bonds is 2. The summed E-state index contributed by atoms with van der Waals surface area (Å²) in [6.45, 7) is 7.50. The summed E-state index contributed by atoms with van der Waals surface area (Å²) in [5, 5.41) is 5.07. The van der Waals surface area contributed by atoms with Crippen molar-refractivity contribution in [3.05, 3.63) is 11.3 Å². The topological polar surface area (TPSA) is 47.1 Å². The van der Waals surface area contributed by atoms with Crippen molar-refractivity contribution in [3.8, 4) is 0 Å². The molecule has 2 N–H and O–H groups in total. The number of nitrogens with two attached hydrogens (primary N) is 1. The Balaban J connectivity index is 2.46. The van der Waals surface area contributed by atoms with Gasteiger partial charge in [-0.1, -0.05) is 19.1 Å². The molecule has 2 unspecified atom stereocenters. The molecule has 0 radical (unpaired) electrons. The number of thioether (sulfide) groups is 1. The van der Waals surface area contributed by atoms with Crippen LogP contribution in [-0.4, -0.2) is 38.4 Å². The van der Waals surface area contributed by atoms with Crippen LogP contribution in [0.1, 0.15) is 25.1 Å². The average Bonchev–Trinajstić information content (AvgIpc) is 2.57. The Morgan fingerprint density at radius 3 is 2.78 bits per heavy atom. The molecular formula is C12H20N4S2. The standard InChI is InChI=1S/C12H20N4S2/c1-7-10(11(13)17)12(15(4)14-7)16-5-6-18-9(3)8(16)2/h8-9H,5-6H2,1-4H3,(H2,13,17). The second kappa shape index (κ2) is 5.09. The lowest BCUT2D eigenvalue weighted by Gasteiger charge is -2.39. The van der Waals surface area contributed by atoms with Crippen LogP contribution < -0.4 is 10.6 Å². The second-order valence-corrected chi connectivity index (χ2v) is 6.71. The molecule has 0 saturated carbocycles. The normalized spacial score (nSPS) is 24.3. The Labute approximate surface area is 118 Å². The van der Waals surface area contributed by atoms with Gasteiger partial charge in [0.1, 0.15) is 10.8 Å². The molecule has 1 aliphatic rings. The van der Waals surface area contributed by atoms with Crippen molar-refractivity contribution in [1.82, 2.24) is 9.78 Å². The van der Waals surface area contributed by atoms with Crippen LogP contribution in [0.2, 0.25) is 0 Å². The molecule has 1 fully saturated rings. The van der Waals surface area contributed by atoms with Crippen molar-refractivity contribution in [3.63, 3.8) is 0 Å². The van der Waals surface area contributed by atoms with Gasteiger partial charge in [-0.2, -0.15) is 16.9 Å². The first kappa shape index (κ1) is 13.7. The molecule has 1 aliphatic heterocycles. The van der Waals surface area contributed by atoms with E-state index in [1.54, 1.807) is 0 Å². The van der Waals surface area contributed by atoms with Gasteiger partial charge in [0.15, 0.2) is 0 Å². The molecule has 1 aromatic heterocycles. The highest BCUT2D eigenvalue weighted by Crippen LogP contribution is 2.32. The third-order valence-electron chi connectivity index (χ3n) is 3.59. The molecule has 4 nitrogen and oxygen atoms in total. The SMILES string of the molecule is Cc1nn(C)c(N2CCSC(C)C2C)c1C(N)=S. The molecule has 2 atom stereocenters. The lowest BCUT2D eigenvalue weighted by Crippen LogP contribution is -2.46. The van der Waals surface area contributed by atoms with Crippen molar-refractivity contribution in [1.29, 1.82) is 0 Å². The van der Waals surface area contributed by atoms with E-state index in [0.717, 1.165) is 29.4 Å². The number of thiocarbonyl (C=S) groups is 1. The summed E-state index contributed by atoms with van der Waals surface area (Å²) >= 11 is 7.20.